The van der Waals surface area contributed by atoms with Crippen LogP contribution in [-0.4, -0.2) is 0 Å². The van der Waals surface area contributed by atoms with Gasteiger partial charge in [-0.1, -0.05) is 58.9 Å². The molecular formula is C23H32. The Morgan fingerprint density at radius 3 is 1.61 bits per heavy atom. The van der Waals surface area contributed by atoms with Crippen molar-refractivity contribution < 1.29 is 0 Å². The van der Waals surface area contributed by atoms with Gasteiger partial charge in [0.2, 0.25) is 0 Å². The van der Waals surface area contributed by atoms with Gasteiger partial charge in [0, 0.05) is 0 Å². The smallest absolute Gasteiger partial charge is 0.0129 e. The molecule has 0 amide bonds. The van der Waals surface area contributed by atoms with Crippen LogP contribution < -0.4 is 0 Å². The van der Waals surface area contributed by atoms with Gasteiger partial charge in [-0.2, -0.15) is 0 Å². The molecule has 23 heavy (non-hydrogen) atoms. The molecule has 2 aromatic carbocycles. The van der Waals surface area contributed by atoms with Gasteiger partial charge in [-0.15, -0.1) is 0 Å². The van der Waals surface area contributed by atoms with Gasteiger partial charge < -0.3 is 0 Å². The van der Waals surface area contributed by atoms with Crippen molar-refractivity contribution in [1.29, 1.82) is 0 Å². The first kappa shape index (κ1) is 17.8. The summed E-state index contributed by atoms with van der Waals surface area (Å²) in [5.74, 6) is 0.558. The fraction of sp³-hybridized carbons (Fsp3) is 0.478. The molecule has 124 valence electrons. The van der Waals surface area contributed by atoms with Crippen LogP contribution in [0, 0.1) is 27.7 Å². The molecule has 0 aliphatic rings. The van der Waals surface area contributed by atoms with Gasteiger partial charge in [-0.3, -0.25) is 0 Å². The zero-order valence-corrected chi connectivity index (χ0v) is 16.4. The largest absolute Gasteiger partial charge is 0.0587 e. The van der Waals surface area contributed by atoms with E-state index in [9.17, 15) is 0 Å². The van der Waals surface area contributed by atoms with Crippen molar-refractivity contribution >= 4 is 0 Å². The molecule has 0 aliphatic carbocycles. The molecule has 0 heterocycles. The normalized spacial score (nSPS) is 12.1. The van der Waals surface area contributed by atoms with Crippen LogP contribution in [0.2, 0.25) is 0 Å². The van der Waals surface area contributed by atoms with Crippen LogP contribution in [0.5, 0.6) is 0 Å². The van der Waals surface area contributed by atoms with Crippen molar-refractivity contribution in [3.63, 3.8) is 0 Å². The maximum absolute atomic E-state index is 2.42. The van der Waals surface area contributed by atoms with E-state index >= 15 is 0 Å². The molecule has 0 bridgehead atoms. The third-order valence-corrected chi connectivity index (χ3v) is 4.90. The van der Waals surface area contributed by atoms with Crippen molar-refractivity contribution in [2.45, 2.75) is 73.6 Å². The van der Waals surface area contributed by atoms with Crippen molar-refractivity contribution in [3.05, 3.63) is 57.6 Å². The topological polar surface area (TPSA) is 0 Å². The minimum Gasteiger partial charge on any atom is -0.0587 e. The minimum atomic E-state index is 0.173. The van der Waals surface area contributed by atoms with Crippen molar-refractivity contribution in [2.75, 3.05) is 0 Å². The Hall–Kier alpha value is -1.56. The number of rotatable bonds is 2. The van der Waals surface area contributed by atoms with Crippen molar-refractivity contribution in [2.24, 2.45) is 0 Å². The van der Waals surface area contributed by atoms with E-state index in [0.29, 0.717) is 5.92 Å². The quantitative estimate of drug-likeness (QED) is 0.560. The zero-order chi connectivity index (χ0) is 17.5. The first-order chi connectivity index (χ1) is 10.5. The van der Waals surface area contributed by atoms with E-state index in [-0.39, 0.29) is 5.41 Å². The second-order valence-corrected chi connectivity index (χ2v) is 8.41. The SMILES string of the molecule is Cc1cc(C)c(C(C)C)cc1-c1cc(C(C)(C)C)c(C)cc1C. The lowest BCUT2D eigenvalue weighted by Gasteiger charge is -2.25. The Bertz CT molecular complexity index is 725. The summed E-state index contributed by atoms with van der Waals surface area (Å²) in [6, 6.07) is 9.54. The van der Waals surface area contributed by atoms with Gasteiger partial charge in [-0.25, -0.2) is 0 Å². The molecule has 0 fully saturated rings. The molecule has 0 saturated heterocycles. The van der Waals surface area contributed by atoms with Crippen LogP contribution in [0.3, 0.4) is 0 Å². The summed E-state index contributed by atoms with van der Waals surface area (Å²) < 4.78 is 0. The van der Waals surface area contributed by atoms with E-state index in [1.165, 1.54) is 44.5 Å². The molecule has 2 rings (SSSR count). The monoisotopic (exact) mass is 308 g/mol. The maximum atomic E-state index is 2.42. The highest BCUT2D eigenvalue weighted by atomic mass is 14.2. The molecule has 0 unspecified atom stereocenters. The molecule has 0 saturated carbocycles. The van der Waals surface area contributed by atoms with E-state index in [4.69, 9.17) is 0 Å². The standard InChI is InChI=1S/C23H32/c1-14(2)19-12-20(16(4)10-15(19)3)21-13-22(23(7,8)9)18(6)11-17(21)5/h10-14H,1-9H3. The number of benzene rings is 2. The van der Waals surface area contributed by atoms with Gasteiger partial charge in [0.1, 0.15) is 0 Å². The van der Waals surface area contributed by atoms with Crippen molar-refractivity contribution in [1.82, 2.24) is 0 Å². The number of aryl methyl sites for hydroxylation is 4. The third kappa shape index (κ3) is 3.52. The van der Waals surface area contributed by atoms with E-state index < -0.39 is 0 Å². The van der Waals surface area contributed by atoms with E-state index in [2.05, 4.69) is 86.6 Å². The molecular weight excluding hydrogens is 276 g/mol. The summed E-state index contributed by atoms with van der Waals surface area (Å²) in [4.78, 5) is 0. The second-order valence-electron chi connectivity index (χ2n) is 8.41. The molecule has 0 N–H and O–H groups in total. The average Bonchev–Trinajstić information content (AvgIpc) is 2.38. The van der Waals surface area contributed by atoms with Crippen LogP contribution >= 0.6 is 0 Å². The van der Waals surface area contributed by atoms with Crippen molar-refractivity contribution in [3.8, 4) is 11.1 Å². The van der Waals surface area contributed by atoms with Gasteiger partial charge in [0.25, 0.3) is 0 Å². The highest BCUT2D eigenvalue weighted by Crippen LogP contribution is 2.36. The fourth-order valence-corrected chi connectivity index (χ4v) is 3.73. The van der Waals surface area contributed by atoms with Crippen LogP contribution in [-0.2, 0) is 5.41 Å². The third-order valence-electron chi connectivity index (χ3n) is 4.90. The van der Waals surface area contributed by atoms with E-state index in [1.54, 1.807) is 0 Å². The van der Waals surface area contributed by atoms with Gasteiger partial charge in [-0.05, 0) is 83.5 Å². The summed E-state index contributed by atoms with van der Waals surface area (Å²) >= 11 is 0. The Labute approximate surface area is 143 Å². The van der Waals surface area contributed by atoms with Crippen LogP contribution in [0.1, 0.15) is 73.9 Å². The molecule has 0 aromatic heterocycles. The van der Waals surface area contributed by atoms with Crippen LogP contribution in [0.25, 0.3) is 11.1 Å². The lowest BCUT2D eigenvalue weighted by molar-refractivity contribution is 0.586. The number of hydrogen-bond acceptors (Lipinski definition) is 0. The van der Waals surface area contributed by atoms with Crippen LogP contribution in [0.4, 0.5) is 0 Å². The van der Waals surface area contributed by atoms with Crippen LogP contribution in [0.15, 0.2) is 24.3 Å². The first-order valence-electron chi connectivity index (χ1n) is 8.75. The Kier molecular flexibility index (Phi) is 4.76. The highest BCUT2D eigenvalue weighted by molar-refractivity contribution is 5.73. The van der Waals surface area contributed by atoms with E-state index in [1.807, 2.05) is 0 Å². The molecule has 2 aromatic rings. The summed E-state index contributed by atoms with van der Waals surface area (Å²) in [5, 5.41) is 0. The summed E-state index contributed by atoms with van der Waals surface area (Å²) in [7, 11) is 0. The Balaban J connectivity index is 2.74. The Morgan fingerprint density at radius 2 is 1.13 bits per heavy atom. The summed E-state index contributed by atoms with van der Waals surface area (Å²) in [5.41, 5.74) is 11.4. The summed E-state index contributed by atoms with van der Waals surface area (Å²) in [6.45, 7) is 20.4. The first-order valence-corrected chi connectivity index (χ1v) is 8.75. The average molecular weight is 309 g/mol. The predicted octanol–water partition coefficient (Wildman–Crippen LogP) is 7.01. The molecule has 0 heteroatoms. The molecule has 0 aliphatic heterocycles. The second kappa shape index (κ2) is 6.15. The predicted molar refractivity (Wildman–Crippen MR) is 104 cm³/mol. The van der Waals surface area contributed by atoms with Gasteiger partial charge >= 0.3 is 0 Å². The van der Waals surface area contributed by atoms with Gasteiger partial charge in [0.15, 0.2) is 0 Å². The van der Waals surface area contributed by atoms with Gasteiger partial charge in [0.05, 0.1) is 0 Å². The molecule has 0 atom stereocenters. The maximum Gasteiger partial charge on any atom is -0.0129 e. The lowest BCUT2D eigenvalue weighted by atomic mass is 9.80. The minimum absolute atomic E-state index is 0.173. The Morgan fingerprint density at radius 1 is 0.652 bits per heavy atom. The van der Waals surface area contributed by atoms with E-state index in [0.717, 1.165) is 0 Å². The lowest BCUT2D eigenvalue weighted by Crippen LogP contribution is -2.13. The molecule has 0 spiro atoms. The number of hydrogen-bond donors (Lipinski definition) is 0. The highest BCUT2D eigenvalue weighted by Gasteiger charge is 2.19. The summed E-state index contributed by atoms with van der Waals surface area (Å²) in [6.07, 6.45) is 0. The molecule has 0 nitrogen and oxygen atoms in total. The molecule has 0 radical (unpaired) electrons. The zero-order valence-electron chi connectivity index (χ0n) is 16.4. The fourth-order valence-electron chi connectivity index (χ4n) is 3.73.